The Morgan fingerprint density at radius 1 is 1.10 bits per heavy atom. The maximum absolute atomic E-state index is 6.02. The first-order valence-corrected chi connectivity index (χ1v) is 6.96. The highest BCUT2D eigenvalue weighted by Crippen LogP contribution is 2.30. The Morgan fingerprint density at radius 2 is 1.81 bits per heavy atom. The molecule has 0 saturated heterocycles. The third-order valence-electron chi connectivity index (χ3n) is 2.59. The second-order valence-corrected chi connectivity index (χ2v) is 6.07. The van der Waals surface area contributed by atoms with Gasteiger partial charge in [0.2, 0.25) is 0 Å². The fourth-order valence-corrected chi connectivity index (χ4v) is 1.97. The second-order valence-electron chi connectivity index (χ2n) is 5.63. The van der Waals surface area contributed by atoms with Gasteiger partial charge < -0.3 is 15.4 Å². The first-order chi connectivity index (χ1) is 9.87. The number of nitrogens with one attached hydrogen (secondary N) is 2. The number of aromatic nitrogens is 2. The Bertz CT molecular complexity index is 625. The van der Waals surface area contributed by atoms with Gasteiger partial charge in [-0.2, -0.15) is 0 Å². The summed E-state index contributed by atoms with van der Waals surface area (Å²) in [6.07, 6.45) is 1.51. The smallest absolute Gasteiger partial charge is 0.142 e. The van der Waals surface area contributed by atoms with E-state index in [1.54, 1.807) is 25.3 Å². The van der Waals surface area contributed by atoms with Crippen LogP contribution in [0.2, 0.25) is 5.02 Å². The largest absolute Gasteiger partial charge is 0.495 e. The molecule has 0 atom stereocenters. The quantitative estimate of drug-likeness (QED) is 0.891. The van der Waals surface area contributed by atoms with Crippen molar-refractivity contribution in [2.45, 2.75) is 26.3 Å². The zero-order chi connectivity index (χ0) is 15.5. The number of anilines is 3. The standard InChI is InChI=1S/C15H19ClN4O/c1-15(2,3)20-14-8-13(17-9-18-14)19-11-7-10(16)5-6-12(11)21-4/h5-9H,1-4H3,(H2,17,18,19,20). The minimum absolute atomic E-state index is 0.0701. The number of halogens is 1. The maximum Gasteiger partial charge on any atom is 0.142 e. The van der Waals surface area contributed by atoms with Crippen molar-refractivity contribution in [2.75, 3.05) is 17.7 Å². The Kier molecular flexibility index (Phi) is 4.53. The average molecular weight is 307 g/mol. The minimum atomic E-state index is -0.0701. The lowest BCUT2D eigenvalue weighted by Crippen LogP contribution is -2.26. The minimum Gasteiger partial charge on any atom is -0.495 e. The molecule has 0 unspecified atom stereocenters. The van der Waals surface area contributed by atoms with Crippen molar-refractivity contribution in [3.63, 3.8) is 0 Å². The highest BCUT2D eigenvalue weighted by Gasteiger charge is 2.11. The van der Waals surface area contributed by atoms with Gasteiger partial charge in [0.25, 0.3) is 0 Å². The molecule has 0 radical (unpaired) electrons. The number of hydrogen-bond acceptors (Lipinski definition) is 5. The van der Waals surface area contributed by atoms with Crippen molar-refractivity contribution in [3.8, 4) is 5.75 Å². The monoisotopic (exact) mass is 306 g/mol. The van der Waals surface area contributed by atoms with Gasteiger partial charge in [0.05, 0.1) is 12.8 Å². The zero-order valence-corrected chi connectivity index (χ0v) is 13.3. The van der Waals surface area contributed by atoms with Gasteiger partial charge >= 0.3 is 0 Å². The van der Waals surface area contributed by atoms with Crippen LogP contribution in [-0.4, -0.2) is 22.6 Å². The van der Waals surface area contributed by atoms with Crippen LogP contribution in [0.3, 0.4) is 0 Å². The van der Waals surface area contributed by atoms with E-state index in [0.717, 1.165) is 11.5 Å². The summed E-state index contributed by atoms with van der Waals surface area (Å²) < 4.78 is 5.30. The number of benzene rings is 1. The molecule has 0 spiro atoms. The first kappa shape index (κ1) is 15.4. The van der Waals surface area contributed by atoms with Gasteiger partial charge in [0.15, 0.2) is 0 Å². The predicted octanol–water partition coefficient (Wildman–Crippen LogP) is 4.09. The highest BCUT2D eigenvalue weighted by atomic mass is 35.5. The molecule has 6 heteroatoms. The lowest BCUT2D eigenvalue weighted by molar-refractivity contribution is 0.417. The van der Waals surface area contributed by atoms with E-state index in [0.29, 0.717) is 16.6 Å². The first-order valence-electron chi connectivity index (χ1n) is 6.58. The van der Waals surface area contributed by atoms with Crippen LogP contribution in [0.25, 0.3) is 0 Å². The number of nitrogens with zero attached hydrogens (tertiary/aromatic N) is 2. The molecule has 5 nitrogen and oxygen atoms in total. The van der Waals surface area contributed by atoms with Crippen molar-refractivity contribution in [1.82, 2.24) is 9.97 Å². The Labute approximate surface area is 129 Å². The van der Waals surface area contributed by atoms with Gasteiger partial charge in [0.1, 0.15) is 23.7 Å². The fraction of sp³-hybridized carbons (Fsp3) is 0.333. The third-order valence-corrected chi connectivity index (χ3v) is 2.83. The SMILES string of the molecule is COc1ccc(Cl)cc1Nc1cc(NC(C)(C)C)ncn1. The van der Waals surface area contributed by atoms with E-state index in [4.69, 9.17) is 16.3 Å². The Morgan fingerprint density at radius 3 is 2.48 bits per heavy atom. The molecule has 0 fully saturated rings. The van der Waals surface area contributed by atoms with E-state index in [1.807, 2.05) is 6.07 Å². The second kappa shape index (κ2) is 6.18. The van der Waals surface area contributed by atoms with E-state index in [9.17, 15) is 0 Å². The van der Waals surface area contributed by atoms with Gasteiger partial charge in [-0.1, -0.05) is 11.6 Å². The molecular formula is C15H19ClN4O. The van der Waals surface area contributed by atoms with Crippen LogP contribution in [0.5, 0.6) is 5.75 Å². The molecular weight excluding hydrogens is 288 g/mol. The summed E-state index contributed by atoms with van der Waals surface area (Å²) in [5.74, 6) is 2.11. The summed E-state index contributed by atoms with van der Waals surface area (Å²) in [7, 11) is 1.61. The molecule has 0 bridgehead atoms. The molecule has 2 aromatic rings. The summed E-state index contributed by atoms with van der Waals surface area (Å²) in [5, 5.41) is 7.11. The van der Waals surface area contributed by atoms with Crippen LogP contribution < -0.4 is 15.4 Å². The molecule has 2 rings (SSSR count). The highest BCUT2D eigenvalue weighted by molar-refractivity contribution is 6.31. The Hall–Kier alpha value is -2.01. The molecule has 0 aliphatic carbocycles. The molecule has 112 valence electrons. The predicted molar refractivity (Wildman–Crippen MR) is 86.7 cm³/mol. The van der Waals surface area contributed by atoms with E-state index in [2.05, 4.69) is 41.4 Å². The van der Waals surface area contributed by atoms with E-state index in [-0.39, 0.29) is 5.54 Å². The fourth-order valence-electron chi connectivity index (χ4n) is 1.79. The lowest BCUT2D eigenvalue weighted by atomic mass is 10.1. The van der Waals surface area contributed by atoms with Crippen LogP contribution >= 0.6 is 11.6 Å². The average Bonchev–Trinajstić information content (AvgIpc) is 2.37. The van der Waals surface area contributed by atoms with Gasteiger partial charge in [0, 0.05) is 16.6 Å². The van der Waals surface area contributed by atoms with E-state index in [1.165, 1.54) is 6.33 Å². The third kappa shape index (κ3) is 4.49. The van der Waals surface area contributed by atoms with Crippen molar-refractivity contribution >= 4 is 28.9 Å². The normalized spacial score (nSPS) is 11.1. The summed E-state index contributed by atoms with van der Waals surface area (Å²) in [6, 6.07) is 7.21. The number of rotatable bonds is 4. The van der Waals surface area contributed by atoms with Crippen molar-refractivity contribution in [3.05, 3.63) is 35.6 Å². The van der Waals surface area contributed by atoms with Gasteiger partial charge in [-0.25, -0.2) is 9.97 Å². The summed E-state index contributed by atoms with van der Waals surface area (Å²) in [4.78, 5) is 8.42. The van der Waals surface area contributed by atoms with Crippen LogP contribution in [0.1, 0.15) is 20.8 Å². The van der Waals surface area contributed by atoms with Crippen LogP contribution in [0, 0.1) is 0 Å². The van der Waals surface area contributed by atoms with Crippen LogP contribution in [0.4, 0.5) is 17.3 Å². The molecule has 0 amide bonds. The summed E-state index contributed by atoms with van der Waals surface area (Å²) >= 11 is 6.02. The molecule has 0 saturated carbocycles. The molecule has 21 heavy (non-hydrogen) atoms. The summed E-state index contributed by atoms with van der Waals surface area (Å²) in [6.45, 7) is 6.21. The van der Waals surface area contributed by atoms with Crippen molar-refractivity contribution in [2.24, 2.45) is 0 Å². The number of methoxy groups -OCH3 is 1. The Balaban J connectivity index is 2.24. The van der Waals surface area contributed by atoms with Gasteiger partial charge in [-0.3, -0.25) is 0 Å². The lowest BCUT2D eigenvalue weighted by Gasteiger charge is -2.21. The van der Waals surface area contributed by atoms with E-state index >= 15 is 0 Å². The topological polar surface area (TPSA) is 59.1 Å². The molecule has 0 aliphatic rings. The van der Waals surface area contributed by atoms with Crippen LogP contribution in [0.15, 0.2) is 30.6 Å². The van der Waals surface area contributed by atoms with E-state index < -0.39 is 0 Å². The number of hydrogen-bond donors (Lipinski definition) is 2. The number of ether oxygens (including phenoxy) is 1. The summed E-state index contributed by atoms with van der Waals surface area (Å²) in [5.41, 5.74) is 0.685. The molecule has 1 aromatic carbocycles. The maximum atomic E-state index is 6.02. The zero-order valence-electron chi connectivity index (χ0n) is 12.6. The molecule has 0 aliphatic heterocycles. The molecule has 1 aromatic heterocycles. The van der Waals surface area contributed by atoms with Gasteiger partial charge in [-0.05, 0) is 39.0 Å². The molecule has 2 N–H and O–H groups in total. The van der Waals surface area contributed by atoms with Crippen molar-refractivity contribution < 1.29 is 4.74 Å². The molecule has 1 heterocycles. The van der Waals surface area contributed by atoms with Crippen LogP contribution in [-0.2, 0) is 0 Å². The van der Waals surface area contributed by atoms with Gasteiger partial charge in [-0.15, -0.1) is 0 Å². The van der Waals surface area contributed by atoms with Crippen molar-refractivity contribution in [1.29, 1.82) is 0 Å².